The molecule has 3 heterocycles. The van der Waals surface area contributed by atoms with Crippen LogP contribution in [-0.4, -0.2) is 43.2 Å². The maximum atomic E-state index is 13.1. The average molecular weight is 400 g/mol. The number of halogens is 1. The lowest BCUT2D eigenvalue weighted by Crippen LogP contribution is -2.40. The molecule has 0 radical (unpaired) electrons. The second kappa shape index (κ2) is 7.59. The molecule has 1 atom stereocenters. The van der Waals surface area contributed by atoms with Crippen molar-refractivity contribution >= 4 is 28.5 Å². The van der Waals surface area contributed by atoms with Gasteiger partial charge < -0.3 is 9.47 Å². The highest BCUT2D eigenvalue weighted by molar-refractivity contribution is 6.34. The number of nitrogens with zero attached hydrogens (tertiary/aromatic N) is 5. The molecule has 0 aliphatic carbocycles. The van der Waals surface area contributed by atoms with E-state index in [9.17, 15) is 4.79 Å². The van der Waals surface area contributed by atoms with E-state index < -0.39 is 0 Å². The topological polar surface area (TPSA) is 56.0 Å². The Balaban J connectivity index is 1.64. The van der Waals surface area contributed by atoms with Gasteiger partial charge in [0.05, 0.1) is 21.7 Å². The van der Waals surface area contributed by atoms with Crippen molar-refractivity contribution in [3.05, 3.63) is 46.5 Å². The van der Waals surface area contributed by atoms with Crippen molar-refractivity contribution in [3.63, 3.8) is 0 Å². The van der Waals surface area contributed by atoms with Crippen molar-refractivity contribution < 1.29 is 4.79 Å². The lowest BCUT2D eigenvalue weighted by Gasteiger charge is -2.32. The first-order chi connectivity index (χ1) is 13.5. The van der Waals surface area contributed by atoms with Crippen molar-refractivity contribution in [2.24, 2.45) is 7.05 Å². The van der Waals surface area contributed by atoms with Crippen LogP contribution in [0.25, 0.3) is 11.0 Å². The van der Waals surface area contributed by atoms with Crippen LogP contribution in [0.4, 0.5) is 0 Å². The fraction of sp³-hybridized carbons (Fsp3) is 0.476. The third-order valence-electron chi connectivity index (χ3n) is 5.67. The Morgan fingerprint density at radius 2 is 2.11 bits per heavy atom. The Bertz CT molecular complexity index is 1020. The number of hydrogen-bond donors (Lipinski definition) is 0. The number of imidazole rings is 1. The second-order valence-electron chi connectivity index (χ2n) is 7.57. The number of benzene rings is 1. The molecule has 0 bridgehead atoms. The summed E-state index contributed by atoms with van der Waals surface area (Å²) in [6, 6.07) is 8.27. The van der Waals surface area contributed by atoms with Crippen LogP contribution in [0.2, 0.25) is 5.02 Å². The third kappa shape index (κ3) is 3.20. The molecule has 3 aromatic rings. The van der Waals surface area contributed by atoms with Crippen LogP contribution in [0, 0.1) is 6.92 Å². The zero-order valence-electron chi connectivity index (χ0n) is 16.7. The molecule has 0 N–H and O–H groups in total. The van der Waals surface area contributed by atoms with Gasteiger partial charge in [0, 0.05) is 32.6 Å². The minimum Gasteiger partial charge on any atom is -0.336 e. The van der Waals surface area contributed by atoms with Crippen molar-refractivity contribution in [1.82, 2.24) is 24.2 Å². The van der Waals surface area contributed by atoms with Crippen LogP contribution in [0.3, 0.4) is 0 Å². The van der Waals surface area contributed by atoms with Gasteiger partial charge in [0.2, 0.25) is 0 Å². The molecule has 0 saturated carbocycles. The van der Waals surface area contributed by atoms with Crippen LogP contribution in [0.5, 0.6) is 0 Å². The van der Waals surface area contributed by atoms with Gasteiger partial charge in [0.1, 0.15) is 5.82 Å². The van der Waals surface area contributed by atoms with E-state index in [4.69, 9.17) is 16.6 Å². The molecule has 6 nitrogen and oxygen atoms in total. The number of likely N-dealkylation sites (tertiary alicyclic amines) is 1. The molecule has 1 unspecified atom stereocenters. The highest BCUT2D eigenvalue weighted by Gasteiger charge is 2.31. The summed E-state index contributed by atoms with van der Waals surface area (Å²) >= 11 is 6.35. The Labute approximate surface area is 170 Å². The number of amides is 1. The van der Waals surface area contributed by atoms with Gasteiger partial charge in [-0.1, -0.05) is 30.7 Å². The van der Waals surface area contributed by atoms with Crippen LogP contribution >= 0.6 is 11.6 Å². The van der Waals surface area contributed by atoms with Gasteiger partial charge in [-0.25, -0.2) is 4.98 Å². The minimum atomic E-state index is -0.0865. The Morgan fingerprint density at radius 1 is 1.32 bits per heavy atom. The Morgan fingerprint density at radius 3 is 2.82 bits per heavy atom. The van der Waals surface area contributed by atoms with Crippen LogP contribution in [0.15, 0.2) is 24.3 Å². The van der Waals surface area contributed by atoms with E-state index >= 15 is 0 Å². The number of aromatic nitrogens is 4. The van der Waals surface area contributed by atoms with Crippen molar-refractivity contribution in [1.29, 1.82) is 0 Å². The first kappa shape index (κ1) is 19.0. The molecule has 1 fully saturated rings. The van der Waals surface area contributed by atoms with Gasteiger partial charge in [0.25, 0.3) is 5.91 Å². The molecular weight excluding hydrogens is 374 g/mol. The summed E-state index contributed by atoms with van der Waals surface area (Å²) in [5.41, 5.74) is 3.36. The van der Waals surface area contributed by atoms with Crippen molar-refractivity contribution in [3.8, 4) is 0 Å². The molecule has 28 heavy (non-hydrogen) atoms. The van der Waals surface area contributed by atoms with Crippen molar-refractivity contribution in [2.75, 3.05) is 13.1 Å². The number of para-hydroxylation sites is 2. The van der Waals surface area contributed by atoms with Gasteiger partial charge in [-0.05, 0) is 38.3 Å². The van der Waals surface area contributed by atoms with E-state index in [0.29, 0.717) is 17.3 Å². The van der Waals surface area contributed by atoms with E-state index in [1.54, 1.807) is 4.68 Å². The van der Waals surface area contributed by atoms with Crippen LogP contribution < -0.4 is 0 Å². The van der Waals surface area contributed by atoms with Gasteiger partial charge in [0.15, 0.2) is 5.69 Å². The molecule has 148 valence electrons. The molecule has 1 aromatic carbocycles. The number of fused-ring (bicyclic) bond motifs is 1. The van der Waals surface area contributed by atoms with E-state index in [1.807, 2.05) is 24.9 Å². The Hall–Kier alpha value is -2.34. The summed E-state index contributed by atoms with van der Waals surface area (Å²) in [5.74, 6) is 1.22. The lowest BCUT2D eigenvalue weighted by molar-refractivity contribution is 0.0697. The molecule has 1 saturated heterocycles. The maximum Gasteiger partial charge on any atom is 0.275 e. The van der Waals surface area contributed by atoms with Crippen LogP contribution in [0.1, 0.15) is 54.1 Å². The molecule has 1 amide bonds. The molecule has 4 rings (SSSR count). The molecule has 7 heteroatoms. The van der Waals surface area contributed by atoms with E-state index in [-0.39, 0.29) is 11.8 Å². The van der Waals surface area contributed by atoms with E-state index in [1.165, 1.54) is 5.52 Å². The highest BCUT2D eigenvalue weighted by Crippen LogP contribution is 2.31. The summed E-state index contributed by atoms with van der Waals surface area (Å²) in [6.45, 7) is 6.37. The number of aryl methyl sites for hydroxylation is 2. The summed E-state index contributed by atoms with van der Waals surface area (Å²) in [5, 5.41) is 4.79. The smallest absolute Gasteiger partial charge is 0.275 e. The fourth-order valence-corrected chi connectivity index (χ4v) is 4.35. The minimum absolute atomic E-state index is 0.0865. The number of piperidine rings is 1. The third-order valence-corrected chi connectivity index (χ3v) is 6.12. The maximum absolute atomic E-state index is 13.1. The summed E-state index contributed by atoms with van der Waals surface area (Å²) in [4.78, 5) is 19.9. The predicted molar refractivity (Wildman–Crippen MR) is 111 cm³/mol. The first-order valence-corrected chi connectivity index (χ1v) is 10.3. The lowest BCUT2D eigenvalue weighted by atomic mass is 9.96. The van der Waals surface area contributed by atoms with Gasteiger partial charge in [-0.15, -0.1) is 0 Å². The number of carbonyl (C=O) groups is 1. The SMILES string of the molecule is CCCn1c(C2CCCN(C(=O)c3nn(C)c(C)c3Cl)C2)nc2ccccc21. The molecule has 2 aromatic heterocycles. The molecule has 1 aliphatic heterocycles. The molecule has 0 spiro atoms. The standard InChI is InChI=1S/C21H26ClN5O/c1-4-11-27-17-10-6-5-9-16(17)23-20(27)15-8-7-12-26(13-15)21(28)19-18(22)14(2)25(3)24-19/h5-6,9-10,15H,4,7-8,11-13H2,1-3H3. The summed E-state index contributed by atoms with van der Waals surface area (Å²) < 4.78 is 3.99. The zero-order chi connectivity index (χ0) is 19.8. The van der Waals surface area contributed by atoms with Gasteiger partial charge >= 0.3 is 0 Å². The average Bonchev–Trinajstić information content (AvgIpc) is 3.21. The number of carbonyl (C=O) groups excluding carboxylic acids is 1. The quantitative estimate of drug-likeness (QED) is 0.661. The van der Waals surface area contributed by atoms with E-state index in [0.717, 1.165) is 49.4 Å². The molecular formula is C21H26ClN5O. The summed E-state index contributed by atoms with van der Waals surface area (Å²) in [6.07, 6.45) is 3.03. The molecule has 1 aliphatic rings. The van der Waals surface area contributed by atoms with Gasteiger partial charge in [-0.3, -0.25) is 9.48 Å². The highest BCUT2D eigenvalue weighted by atomic mass is 35.5. The normalized spacial score (nSPS) is 17.4. The predicted octanol–water partition coefficient (Wildman–Crippen LogP) is 4.16. The monoisotopic (exact) mass is 399 g/mol. The first-order valence-electron chi connectivity index (χ1n) is 9.94. The fourth-order valence-electron chi connectivity index (χ4n) is 4.11. The van der Waals surface area contributed by atoms with E-state index in [2.05, 4.69) is 34.8 Å². The zero-order valence-corrected chi connectivity index (χ0v) is 17.4. The van der Waals surface area contributed by atoms with Crippen LogP contribution in [-0.2, 0) is 13.6 Å². The number of rotatable bonds is 4. The Kier molecular flexibility index (Phi) is 5.15. The second-order valence-corrected chi connectivity index (χ2v) is 7.95. The summed E-state index contributed by atoms with van der Waals surface area (Å²) in [7, 11) is 1.81. The number of hydrogen-bond acceptors (Lipinski definition) is 3. The van der Waals surface area contributed by atoms with Crippen molar-refractivity contribution in [2.45, 2.75) is 45.6 Å². The van der Waals surface area contributed by atoms with Gasteiger partial charge in [-0.2, -0.15) is 5.10 Å². The largest absolute Gasteiger partial charge is 0.336 e.